The minimum atomic E-state index is -0.0601. The zero-order valence-electron chi connectivity index (χ0n) is 9.01. The molecule has 0 unspecified atom stereocenters. The second kappa shape index (κ2) is 3.90. The molecule has 2 aromatic rings. The molecule has 84 valence electrons. The Hall–Kier alpha value is -2.36. The fourth-order valence-corrected chi connectivity index (χ4v) is 1.80. The second-order valence-corrected chi connectivity index (χ2v) is 3.82. The van der Waals surface area contributed by atoms with Gasteiger partial charge in [-0.25, -0.2) is 5.43 Å². The van der Waals surface area contributed by atoms with Crippen molar-refractivity contribution in [3.63, 3.8) is 0 Å². The van der Waals surface area contributed by atoms with Crippen LogP contribution in [0.2, 0.25) is 0 Å². The molecule has 1 N–H and O–H groups in total. The summed E-state index contributed by atoms with van der Waals surface area (Å²) in [5.41, 5.74) is 5.19. The molecule has 4 nitrogen and oxygen atoms in total. The fraction of sp³-hybridized carbons (Fsp3) is 0.0769. The van der Waals surface area contributed by atoms with E-state index in [0.717, 1.165) is 22.6 Å². The van der Waals surface area contributed by atoms with E-state index < -0.39 is 0 Å². The van der Waals surface area contributed by atoms with E-state index in [0.29, 0.717) is 6.42 Å². The molecule has 0 aliphatic carbocycles. The molecule has 0 radical (unpaired) electrons. The van der Waals surface area contributed by atoms with Gasteiger partial charge in [0.15, 0.2) is 0 Å². The molecule has 1 aromatic carbocycles. The number of hydrogen-bond donors (Lipinski definition) is 1. The van der Waals surface area contributed by atoms with Crippen LogP contribution in [0.5, 0.6) is 0 Å². The highest BCUT2D eigenvalue weighted by atomic mass is 16.3. The summed E-state index contributed by atoms with van der Waals surface area (Å²) in [5, 5.41) is 3.97. The molecule has 1 aromatic heterocycles. The number of hydrogen-bond acceptors (Lipinski definition) is 3. The van der Waals surface area contributed by atoms with E-state index in [1.165, 1.54) is 0 Å². The highest BCUT2D eigenvalue weighted by Crippen LogP contribution is 2.21. The standard InChI is InChI=1S/C13H10N2O2/c16-13-8-11(14-15-13)9-3-5-10(6-4-9)12-2-1-7-17-12/h1-7H,8H2,(H,15,16). The summed E-state index contributed by atoms with van der Waals surface area (Å²) in [6.07, 6.45) is 1.99. The van der Waals surface area contributed by atoms with Gasteiger partial charge in [-0.1, -0.05) is 24.3 Å². The van der Waals surface area contributed by atoms with Crippen LogP contribution in [0.15, 0.2) is 52.2 Å². The molecule has 17 heavy (non-hydrogen) atoms. The van der Waals surface area contributed by atoms with Crippen LogP contribution in [0.3, 0.4) is 0 Å². The molecular formula is C13H10N2O2. The third-order valence-electron chi connectivity index (χ3n) is 2.67. The fourth-order valence-electron chi connectivity index (χ4n) is 1.80. The van der Waals surface area contributed by atoms with Crippen LogP contribution in [-0.4, -0.2) is 11.6 Å². The first-order valence-corrected chi connectivity index (χ1v) is 5.32. The maximum atomic E-state index is 11.0. The summed E-state index contributed by atoms with van der Waals surface area (Å²) in [7, 11) is 0. The van der Waals surface area contributed by atoms with Gasteiger partial charge >= 0.3 is 0 Å². The number of nitrogens with zero attached hydrogens (tertiary/aromatic N) is 1. The van der Waals surface area contributed by atoms with Gasteiger partial charge in [-0.05, 0) is 17.7 Å². The highest BCUT2D eigenvalue weighted by Gasteiger charge is 2.15. The van der Waals surface area contributed by atoms with Gasteiger partial charge in [0.2, 0.25) is 5.91 Å². The molecule has 1 aliphatic rings. The third-order valence-corrected chi connectivity index (χ3v) is 2.67. The summed E-state index contributed by atoms with van der Waals surface area (Å²) >= 11 is 0. The van der Waals surface area contributed by atoms with Crippen molar-refractivity contribution >= 4 is 11.6 Å². The van der Waals surface area contributed by atoms with Crippen molar-refractivity contribution in [2.75, 3.05) is 0 Å². The first-order valence-electron chi connectivity index (χ1n) is 5.32. The van der Waals surface area contributed by atoms with E-state index in [-0.39, 0.29) is 5.91 Å². The van der Waals surface area contributed by atoms with E-state index in [4.69, 9.17) is 4.42 Å². The van der Waals surface area contributed by atoms with Crippen LogP contribution in [0.4, 0.5) is 0 Å². The Labute approximate surface area is 97.9 Å². The summed E-state index contributed by atoms with van der Waals surface area (Å²) in [5.74, 6) is 0.772. The first kappa shape index (κ1) is 9.84. The third kappa shape index (κ3) is 1.85. The average Bonchev–Trinajstić information content (AvgIpc) is 3.00. The lowest BCUT2D eigenvalue weighted by Crippen LogP contribution is -2.09. The SMILES string of the molecule is O=C1CC(c2ccc(-c3ccco3)cc2)=NN1. The first-order chi connectivity index (χ1) is 8.33. The lowest BCUT2D eigenvalue weighted by atomic mass is 10.0. The van der Waals surface area contributed by atoms with Crippen molar-refractivity contribution in [2.24, 2.45) is 5.10 Å². The molecule has 2 heterocycles. The molecule has 0 atom stereocenters. The van der Waals surface area contributed by atoms with Crippen LogP contribution in [-0.2, 0) is 4.79 Å². The Morgan fingerprint density at radius 1 is 1.12 bits per heavy atom. The van der Waals surface area contributed by atoms with Gasteiger partial charge in [-0.3, -0.25) is 4.79 Å². The van der Waals surface area contributed by atoms with E-state index >= 15 is 0 Å². The average molecular weight is 226 g/mol. The zero-order valence-corrected chi connectivity index (χ0v) is 9.01. The molecule has 0 bridgehead atoms. The summed E-state index contributed by atoms with van der Waals surface area (Å²) in [6, 6.07) is 11.6. The monoisotopic (exact) mass is 226 g/mol. The highest BCUT2D eigenvalue weighted by molar-refractivity contribution is 6.13. The van der Waals surface area contributed by atoms with Gasteiger partial charge in [-0.15, -0.1) is 0 Å². The number of furan rings is 1. The maximum Gasteiger partial charge on any atom is 0.246 e. The van der Waals surface area contributed by atoms with Gasteiger partial charge in [0.25, 0.3) is 0 Å². The van der Waals surface area contributed by atoms with E-state index in [9.17, 15) is 4.79 Å². The molecule has 0 saturated carbocycles. The van der Waals surface area contributed by atoms with Crippen molar-refractivity contribution < 1.29 is 9.21 Å². The molecule has 0 fully saturated rings. The summed E-state index contributed by atoms with van der Waals surface area (Å²) in [4.78, 5) is 11.0. The lowest BCUT2D eigenvalue weighted by Gasteiger charge is -2.00. The number of carbonyl (C=O) groups excluding carboxylic acids is 1. The van der Waals surface area contributed by atoms with Crippen molar-refractivity contribution in [3.8, 4) is 11.3 Å². The number of benzene rings is 1. The molecule has 1 amide bonds. The van der Waals surface area contributed by atoms with Gasteiger partial charge in [0, 0.05) is 5.56 Å². The zero-order chi connectivity index (χ0) is 11.7. The van der Waals surface area contributed by atoms with E-state index in [2.05, 4.69) is 10.5 Å². The number of nitrogens with one attached hydrogen (secondary N) is 1. The number of rotatable bonds is 2. The minimum Gasteiger partial charge on any atom is -0.464 e. The topological polar surface area (TPSA) is 54.6 Å². The predicted octanol–water partition coefficient (Wildman–Crippen LogP) is 2.17. The van der Waals surface area contributed by atoms with Gasteiger partial charge in [0.05, 0.1) is 18.4 Å². The van der Waals surface area contributed by atoms with Gasteiger partial charge < -0.3 is 4.42 Å². The number of carbonyl (C=O) groups is 1. The van der Waals surface area contributed by atoms with E-state index in [1.54, 1.807) is 6.26 Å². The Bertz CT molecular complexity index is 568. The Morgan fingerprint density at radius 3 is 2.47 bits per heavy atom. The van der Waals surface area contributed by atoms with Crippen LogP contribution >= 0.6 is 0 Å². The molecule has 1 aliphatic heterocycles. The molecule has 0 saturated heterocycles. The van der Waals surface area contributed by atoms with Crippen LogP contribution < -0.4 is 5.43 Å². The smallest absolute Gasteiger partial charge is 0.246 e. The Morgan fingerprint density at radius 2 is 1.88 bits per heavy atom. The van der Waals surface area contributed by atoms with Gasteiger partial charge in [0.1, 0.15) is 5.76 Å². The maximum absolute atomic E-state index is 11.0. The lowest BCUT2D eigenvalue weighted by molar-refractivity contribution is -0.119. The van der Waals surface area contributed by atoms with Crippen LogP contribution in [0.25, 0.3) is 11.3 Å². The number of hydrazone groups is 1. The Kier molecular flexibility index (Phi) is 2.26. The molecule has 4 heteroatoms. The normalized spacial score (nSPS) is 14.6. The van der Waals surface area contributed by atoms with Crippen molar-refractivity contribution in [1.82, 2.24) is 5.43 Å². The minimum absolute atomic E-state index is 0.0601. The second-order valence-electron chi connectivity index (χ2n) is 3.82. The van der Waals surface area contributed by atoms with E-state index in [1.807, 2.05) is 36.4 Å². The predicted molar refractivity (Wildman–Crippen MR) is 63.4 cm³/mol. The van der Waals surface area contributed by atoms with Crippen molar-refractivity contribution in [2.45, 2.75) is 6.42 Å². The van der Waals surface area contributed by atoms with Crippen LogP contribution in [0, 0.1) is 0 Å². The molecular weight excluding hydrogens is 216 g/mol. The Balaban J connectivity index is 1.88. The van der Waals surface area contributed by atoms with Crippen molar-refractivity contribution in [3.05, 3.63) is 48.2 Å². The quantitative estimate of drug-likeness (QED) is 0.853. The summed E-state index contributed by atoms with van der Waals surface area (Å²) < 4.78 is 5.31. The van der Waals surface area contributed by atoms with Crippen molar-refractivity contribution in [1.29, 1.82) is 0 Å². The van der Waals surface area contributed by atoms with Crippen LogP contribution in [0.1, 0.15) is 12.0 Å². The largest absolute Gasteiger partial charge is 0.464 e. The van der Waals surface area contributed by atoms with Gasteiger partial charge in [-0.2, -0.15) is 5.10 Å². The molecule has 0 spiro atoms. The molecule has 3 rings (SSSR count). The number of amides is 1. The summed E-state index contributed by atoms with van der Waals surface area (Å²) in [6.45, 7) is 0.